The molecule has 0 amide bonds. The van der Waals surface area contributed by atoms with Gasteiger partial charge in [-0.3, -0.25) is 0 Å². The van der Waals surface area contributed by atoms with Gasteiger partial charge in [0.2, 0.25) is 0 Å². The molecular formula is C15H24N2S. The van der Waals surface area contributed by atoms with Crippen molar-refractivity contribution in [2.75, 3.05) is 0 Å². The third-order valence-electron chi connectivity index (χ3n) is 2.79. The highest BCUT2D eigenvalue weighted by atomic mass is 32.1. The summed E-state index contributed by atoms with van der Waals surface area (Å²) < 4.78 is 2.21. The quantitative estimate of drug-likeness (QED) is 0.753. The second-order valence-electron chi connectivity index (χ2n) is 5.25. The molecule has 0 aliphatic heterocycles. The normalized spacial score (nSPS) is 12.8. The van der Waals surface area contributed by atoms with Crippen LogP contribution in [0.3, 0.4) is 0 Å². The first-order valence-corrected chi connectivity index (χ1v) is 7.39. The first-order valence-electron chi connectivity index (χ1n) is 6.51. The van der Waals surface area contributed by atoms with Gasteiger partial charge in [-0.15, -0.1) is 11.3 Å². The first-order chi connectivity index (χ1) is 8.50. The van der Waals surface area contributed by atoms with E-state index in [0.717, 1.165) is 0 Å². The average molecular weight is 264 g/mol. The van der Waals surface area contributed by atoms with E-state index in [9.17, 15) is 0 Å². The predicted octanol–water partition coefficient (Wildman–Crippen LogP) is 4.91. The second kappa shape index (κ2) is 6.19. The van der Waals surface area contributed by atoms with Gasteiger partial charge in [-0.25, -0.2) is 4.98 Å². The van der Waals surface area contributed by atoms with E-state index in [1.54, 1.807) is 0 Å². The molecule has 0 aromatic carbocycles. The van der Waals surface area contributed by atoms with Crippen molar-refractivity contribution in [1.29, 1.82) is 0 Å². The topological polar surface area (TPSA) is 17.8 Å². The summed E-state index contributed by atoms with van der Waals surface area (Å²) in [6.07, 6.45) is 5.81. The molecule has 100 valence electrons. The SMILES string of the molecule is CC.Cc1ccsc1C(n1ccnc1)C(C)(C)C. The van der Waals surface area contributed by atoms with Gasteiger partial charge >= 0.3 is 0 Å². The van der Waals surface area contributed by atoms with Crippen LogP contribution in [0.15, 0.2) is 30.2 Å². The third-order valence-corrected chi connectivity index (χ3v) is 3.86. The van der Waals surface area contributed by atoms with Gasteiger partial charge in [-0.1, -0.05) is 34.6 Å². The molecule has 2 nitrogen and oxygen atoms in total. The van der Waals surface area contributed by atoms with Crippen LogP contribution in [0.25, 0.3) is 0 Å². The van der Waals surface area contributed by atoms with E-state index >= 15 is 0 Å². The molecule has 0 saturated heterocycles. The largest absolute Gasteiger partial charge is 0.329 e. The molecule has 0 spiro atoms. The van der Waals surface area contributed by atoms with Crippen LogP contribution < -0.4 is 0 Å². The molecule has 0 fully saturated rings. The molecule has 0 radical (unpaired) electrons. The minimum absolute atomic E-state index is 0.191. The van der Waals surface area contributed by atoms with Crippen molar-refractivity contribution in [3.8, 4) is 0 Å². The Bertz CT molecular complexity index is 449. The summed E-state index contributed by atoms with van der Waals surface area (Å²) in [6, 6.07) is 2.56. The summed E-state index contributed by atoms with van der Waals surface area (Å²) in [5.74, 6) is 0. The zero-order valence-corrected chi connectivity index (χ0v) is 13.1. The van der Waals surface area contributed by atoms with Gasteiger partial charge in [0.25, 0.3) is 0 Å². The number of aryl methyl sites for hydroxylation is 1. The Hall–Kier alpha value is -1.09. The summed E-state index contributed by atoms with van der Waals surface area (Å²) in [5, 5.41) is 2.17. The summed E-state index contributed by atoms with van der Waals surface area (Å²) in [7, 11) is 0. The van der Waals surface area contributed by atoms with Gasteiger partial charge in [0.1, 0.15) is 0 Å². The van der Waals surface area contributed by atoms with E-state index in [1.807, 2.05) is 37.7 Å². The Balaban J connectivity index is 0.000000771. The van der Waals surface area contributed by atoms with E-state index in [0.29, 0.717) is 6.04 Å². The van der Waals surface area contributed by atoms with Crippen LogP contribution in [0.5, 0.6) is 0 Å². The van der Waals surface area contributed by atoms with Gasteiger partial charge in [0, 0.05) is 17.3 Å². The van der Waals surface area contributed by atoms with Crippen LogP contribution in [0.1, 0.15) is 51.1 Å². The van der Waals surface area contributed by atoms with Crippen LogP contribution in [0.2, 0.25) is 0 Å². The van der Waals surface area contributed by atoms with Crippen LogP contribution in [-0.4, -0.2) is 9.55 Å². The number of rotatable bonds is 2. The van der Waals surface area contributed by atoms with Crippen molar-refractivity contribution in [3.05, 3.63) is 40.6 Å². The maximum atomic E-state index is 4.16. The fourth-order valence-corrected chi connectivity index (χ4v) is 3.34. The van der Waals surface area contributed by atoms with E-state index < -0.39 is 0 Å². The number of nitrogens with zero attached hydrogens (tertiary/aromatic N) is 2. The number of aromatic nitrogens is 2. The summed E-state index contributed by atoms with van der Waals surface area (Å²) >= 11 is 1.83. The number of thiophene rings is 1. The van der Waals surface area contributed by atoms with Crippen molar-refractivity contribution in [3.63, 3.8) is 0 Å². The number of hydrogen-bond acceptors (Lipinski definition) is 2. The smallest absolute Gasteiger partial charge is 0.0952 e. The highest BCUT2D eigenvalue weighted by Crippen LogP contribution is 2.39. The van der Waals surface area contributed by atoms with E-state index in [4.69, 9.17) is 0 Å². The van der Waals surface area contributed by atoms with Gasteiger partial charge in [0.15, 0.2) is 0 Å². The molecule has 18 heavy (non-hydrogen) atoms. The van der Waals surface area contributed by atoms with Crippen molar-refractivity contribution >= 4 is 11.3 Å². The van der Waals surface area contributed by atoms with Crippen molar-refractivity contribution in [2.24, 2.45) is 5.41 Å². The van der Waals surface area contributed by atoms with Gasteiger partial charge in [-0.05, 0) is 29.3 Å². The lowest BCUT2D eigenvalue weighted by molar-refractivity contribution is 0.286. The predicted molar refractivity (Wildman–Crippen MR) is 80.2 cm³/mol. The monoisotopic (exact) mass is 264 g/mol. The Kier molecular flexibility index (Phi) is 5.15. The first kappa shape index (κ1) is 15.0. The second-order valence-corrected chi connectivity index (χ2v) is 6.19. The molecule has 2 heterocycles. The number of imidazole rings is 1. The zero-order chi connectivity index (χ0) is 13.8. The minimum atomic E-state index is 0.191. The fourth-order valence-electron chi connectivity index (χ4n) is 2.06. The van der Waals surface area contributed by atoms with Crippen molar-refractivity contribution < 1.29 is 0 Å². The number of hydrogen-bond donors (Lipinski definition) is 0. The molecule has 1 unspecified atom stereocenters. The van der Waals surface area contributed by atoms with Gasteiger partial charge in [-0.2, -0.15) is 0 Å². The van der Waals surface area contributed by atoms with Crippen molar-refractivity contribution in [2.45, 2.75) is 47.6 Å². The van der Waals surface area contributed by atoms with Crippen LogP contribution in [0.4, 0.5) is 0 Å². The molecule has 2 aromatic heterocycles. The highest BCUT2D eigenvalue weighted by molar-refractivity contribution is 7.10. The summed E-state index contributed by atoms with van der Waals surface area (Å²) in [5.41, 5.74) is 1.56. The molecule has 0 aliphatic carbocycles. The average Bonchev–Trinajstić information content (AvgIpc) is 2.94. The Morgan fingerprint density at radius 3 is 2.33 bits per heavy atom. The van der Waals surface area contributed by atoms with Crippen LogP contribution in [-0.2, 0) is 0 Å². The third kappa shape index (κ3) is 3.22. The summed E-state index contributed by atoms with van der Waals surface area (Å²) in [4.78, 5) is 5.60. The maximum Gasteiger partial charge on any atom is 0.0952 e. The lowest BCUT2D eigenvalue weighted by Crippen LogP contribution is -2.24. The van der Waals surface area contributed by atoms with E-state index in [2.05, 4.69) is 54.9 Å². The standard InChI is InChI=1S/C13H18N2S.C2H6/c1-10-5-8-16-11(10)12(13(2,3)4)15-7-6-14-9-15;1-2/h5-9,12H,1-4H3;1-2H3. The van der Waals surface area contributed by atoms with Crippen LogP contribution >= 0.6 is 11.3 Å². The highest BCUT2D eigenvalue weighted by Gasteiger charge is 2.29. The Labute approximate surface area is 115 Å². The lowest BCUT2D eigenvalue weighted by Gasteiger charge is -2.31. The molecule has 3 heteroatoms. The van der Waals surface area contributed by atoms with Gasteiger partial charge < -0.3 is 4.57 Å². The molecule has 0 bridgehead atoms. The van der Waals surface area contributed by atoms with E-state index in [-0.39, 0.29) is 5.41 Å². The molecule has 2 aromatic rings. The molecule has 0 aliphatic rings. The molecule has 1 atom stereocenters. The Morgan fingerprint density at radius 1 is 1.28 bits per heavy atom. The lowest BCUT2D eigenvalue weighted by atomic mass is 9.84. The molecule has 2 rings (SSSR count). The Morgan fingerprint density at radius 2 is 1.94 bits per heavy atom. The summed E-state index contributed by atoms with van der Waals surface area (Å²) in [6.45, 7) is 13.0. The molecule has 0 N–H and O–H groups in total. The maximum absolute atomic E-state index is 4.16. The van der Waals surface area contributed by atoms with Crippen LogP contribution in [0, 0.1) is 12.3 Å². The molecule has 0 saturated carbocycles. The van der Waals surface area contributed by atoms with E-state index in [1.165, 1.54) is 10.4 Å². The molecular weight excluding hydrogens is 240 g/mol. The van der Waals surface area contributed by atoms with Crippen molar-refractivity contribution in [1.82, 2.24) is 9.55 Å². The minimum Gasteiger partial charge on any atom is -0.329 e. The van der Waals surface area contributed by atoms with Gasteiger partial charge in [0.05, 0.1) is 12.4 Å². The fraction of sp³-hybridized carbons (Fsp3) is 0.533. The zero-order valence-electron chi connectivity index (χ0n) is 12.3.